The maximum Gasteiger partial charge on any atom is 0.241 e. The molecule has 1 fully saturated rings. The topological polar surface area (TPSA) is 114 Å². The summed E-state index contributed by atoms with van der Waals surface area (Å²) in [6, 6.07) is 7.41. The highest BCUT2D eigenvalue weighted by atomic mass is 16.5. The van der Waals surface area contributed by atoms with Gasteiger partial charge in [0.15, 0.2) is 0 Å². The maximum absolute atomic E-state index is 12.6. The van der Waals surface area contributed by atoms with Crippen molar-refractivity contribution in [1.29, 1.82) is 0 Å². The minimum atomic E-state index is -0.0277. The van der Waals surface area contributed by atoms with Crippen LogP contribution >= 0.6 is 0 Å². The number of piperidine rings is 1. The van der Waals surface area contributed by atoms with Crippen molar-refractivity contribution in [3.8, 4) is 5.88 Å². The van der Waals surface area contributed by atoms with Crippen LogP contribution in [0, 0.1) is 0 Å². The number of para-hydroxylation sites is 2. The van der Waals surface area contributed by atoms with Crippen molar-refractivity contribution >= 4 is 28.8 Å². The molecular formula is C24H30N6O3. The van der Waals surface area contributed by atoms with E-state index in [1.165, 1.54) is 0 Å². The Hall–Kier alpha value is -3.62. The predicted molar refractivity (Wildman–Crippen MR) is 126 cm³/mol. The van der Waals surface area contributed by atoms with Gasteiger partial charge in [-0.15, -0.1) is 0 Å². The average molecular weight is 451 g/mol. The van der Waals surface area contributed by atoms with Crippen LogP contribution in [0.2, 0.25) is 0 Å². The van der Waals surface area contributed by atoms with Crippen molar-refractivity contribution < 1.29 is 14.3 Å². The van der Waals surface area contributed by atoms with E-state index in [9.17, 15) is 9.59 Å². The zero-order chi connectivity index (χ0) is 23.2. The predicted octanol–water partition coefficient (Wildman–Crippen LogP) is 2.18. The monoisotopic (exact) mass is 450 g/mol. The molecule has 2 aliphatic heterocycles. The number of likely N-dealkylation sites (tertiary alicyclic amines) is 1. The molecule has 1 saturated heterocycles. The maximum atomic E-state index is 12.6. The molecule has 2 amide bonds. The van der Waals surface area contributed by atoms with Gasteiger partial charge in [0, 0.05) is 58.3 Å². The third kappa shape index (κ3) is 5.60. The molecule has 0 spiro atoms. The lowest BCUT2D eigenvalue weighted by atomic mass is 10.0. The van der Waals surface area contributed by atoms with Crippen LogP contribution in [0.1, 0.15) is 31.9 Å². The van der Waals surface area contributed by atoms with Gasteiger partial charge in [0.2, 0.25) is 17.7 Å². The van der Waals surface area contributed by atoms with Crippen LogP contribution in [0.3, 0.4) is 0 Å². The van der Waals surface area contributed by atoms with Crippen molar-refractivity contribution in [2.45, 2.75) is 32.3 Å². The van der Waals surface area contributed by atoms with Gasteiger partial charge >= 0.3 is 0 Å². The summed E-state index contributed by atoms with van der Waals surface area (Å²) in [5.41, 5.74) is 9.11. The summed E-state index contributed by atoms with van der Waals surface area (Å²) in [7, 11) is 0. The zero-order valence-corrected chi connectivity index (χ0v) is 18.9. The van der Waals surface area contributed by atoms with E-state index in [0.29, 0.717) is 37.7 Å². The van der Waals surface area contributed by atoms with E-state index >= 15 is 0 Å². The normalized spacial score (nSPS) is 16.8. The van der Waals surface area contributed by atoms with E-state index in [1.807, 2.05) is 29.2 Å². The van der Waals surface area contributed by atoms with Gasteiger partial charge in [-0.2, -0.15) is 0 Å². The molecule has 4 rings (SSSR count). The van der Waals surface area contributed by atoms with Crippen molar-refractivity contribution in [2.75, 3.05) is 43.8 Å². The number of nitrogens with two attached hydrogens (primary N) is 1. The van der Waals surface area contributed by atoms with E-state index in [0.717, 1.165) is 36.2 Å². The molecule has 33 heavy (non-hydrogen) atoms. The second kappa shape index (κ2) is 10.3. The molecule has 0 atom stereocenters. The summed E-state index contributed by atoms with van der Waals surface area (Å²) >= 11 is 0. The molecule has 1 aromatic heterocycles. The summed E-state index contributed by atoms with van der Waals surface area (Å²) in [6.45, 7) is 4.28. The Balaban J connectivity index is 1.30. The molecular weight excluding hydrogens is 420 g/mol. The first kappa shape index (κ1) is 22.6. The molecule has 3 N–H and O–H groups in total. The van der Waals surface area contributed by atoms with Gasteiger partial charge in [-0.3, -0.25) is 9.59 Å². The fraction of sp³-hybridized carbons (Fsp3) is 0.417. The molecule has 0 aliphatic carbocycles. The third-order valence-electron chi connectivity index (χ3n) is 6.09. The number of aromatic nitrogens is 2. The van der Waals surface area contributed by atoms with Crippen LogP contribution in [0.25, 0.3) is 5.57 Å². The number of amides is 2. The molecule has 0 bridgehead atoms. The van der Waals surface area contributed by atoms with Crippen LogP contribution in [0.5, 0.6) is 5.88 Å². The standard InChI is InChI=1S/C24H30N6O3/c1-17(31)29-12-6-18(7-13-29)23-24(27-11-10-26-23)33-19-8-14-30(15-9-19)22(32)16-28-21-5-3-2-4-20(21)25/h2-6,10-11,19,28H,7-9,12-16,25H2,1H3. The lowest BCUT2D eigenvalue weighted by molar-refractivity contribution is -0.131. The van der Waals surface area contributed by atoms with Gasteiger partial charge in [-0.1, -0.05) is 18.2 Å². The molecule has 1 aromatic carbocycles. The number of carbonyl (C=O) groups is 2. The SMILES string of the molecule is CC(=O)N1CC=C(c2nccnc2OC2CCN(C(=O)CNc3ccccc3N)CC2)CC1. The number of nitrogens with zero attached hydrogens (tertiary/aromatic N) is 4. The van der Waals surface area contributed by atoms with Crippen LogP contribution in [0.15, 0.2) is 42.7 Å². The molecule has 0 unspecified atom stereocenters. The molecule has 0 radical (unpaired) electrons. The Morgan fingerprint density at radius 1 is 1.12 bits per heavy atom. The van der Waals surface area contributed by atoms with Crippen LogP contribution < -0.4 is 15.8 Å². The van der Waals surface area contributed by atoms with E-state index in [4.69, 9.17) is 10.5 Å². The van der Waals surface area contributed by atoms with Gasteiger partial charge < -0.3 is 25.6 Å². The summed E-state index contributed by atoms with van der Waals surface area (Å²) in [4.78, 5) is 36.8. The van der Waals surface area contributed by atoms with Crippen LogP contribution in [0.4, 0.5) is 11.4 Å². The van der Waals surface area contributed by atoms with E-state index in [-0.39, 0.29) is 24.5 Å². The largest absolute Gasteiger partial charge is 0.473 e. The molecule has 2 aromatic rings. The summed E-state index contributed by atoms with van der Waals surface area (Å²) in [5, 5.41) is 3.12. The fourth-order valence-corrected chi connectivity index (χ4v) is 4.12. The number of rotatable bonds is 6. The first-order chi connectivity index (χ1) is 16.0. The van der Waals surface area contributed by atoms with Crippen molar-refractivity contribution in [3.05, 3.63) is 48.4 Å². The van der Waals surface area contributed by atoms with Gasteiger partial charge in [-0.25, -0.2) is 9.97 Å². The summed E-state index contributed by atoms with van der Waals surface area (Å²) in [6.07, 6.45) is 7.47. The number of carbonyl (C=O) groups excluding carboxylic acids is 2. The number of benzene rings is 1. The number of hydrogen-bond acceptors (Lipinski definition) is 7. The highest BCUT2D eigenvalue weighted by molar-refractivity contribution is 5.82. The first-order valence-corrected chi connectivity index (χ1v) is 11.3. The zero-order valence-electron chi connectivity index (χ0n) is 18.9. The van der Waals surface area contributed by atoms with Crippen molar-refractivity contribution in [3.63, 3.8) is 0 Å². The third-order valence-corrected chi connectivity index (χ3v) is 6.09. The molecule has 9 nitrogen and oxygen atoms in total. The summed E-state index contributed by atoms with van der Waals surface area (Å²) in [5.74, 6) is 0.634. The highest BCUT2D eigenvalue weighted by Gasteiger charge is 2.26. The minimum Gasteiger partial charge on any atom is -0.473 e. The van der Waals surface area contributed by atoms with Gasteiger partial charge in [0.1, 0.15) is 11.8 Å². The Morgan fingerprint density at radius 3 is 2.58 bits per heavy atom. The average Bonchev–Trinajstić information content (AvgIpc) is 2.84. The minimum absolute atomic E-state index is 0.0277. The van der Waals surface area contributed by atoms with E-state index in [1.54, 1.807) is 30.3 Å². The lowest BCUT2D eigenvalue weighted by Crippen LogP contribution is -2.44. The van der Waals surface area contributed by atoms with Gasteiger partial charge in [0.25, 0.3) is 0 Å². The summed E-state index contributed by atoms with van der Waals surface area (Å²) < 4.78 is 6.22. The Morgan fingerprint density at radius 2 is 1.88 bits per heavy atom. The second-order valence-electron chi connectivity index (χ2n) is 8.29. The Labute approximate surface area is 193 Å². The lowest BCUT2D eigenvalue weighted by Gasteiger charge is -2.32. The molecule has 174 valence electrons. The highest BCUT2D eigenvalue weighted by Crippen LogP contribution is 2.28. The smallest absolute Gasteiger partial charge is 0.241 e. The van der Waals surface area contributed by atoms with E-state index < -0.39 is 0 Å². The number of ether oxygens (including phenoxy) is 1. The molecule has 0 saturated carbocycles. The van der Waals surface area contributed by atoms with Crippen LogP contribution in [-0.4, -0.2) is 70.4 Å². The number of nitrogens with one attached hydrogen (secondary N) is 1. The Bertz CT molecular complexity index is 1030. The Kier molecular flexibility index (Phi) is 7.07. The number of hydrogen-bond donors (Lipinski definition) is 2. The second-order valence-corrected chi connectivity index (χ2v) is 8.29. The van der Waals surface area contributed by atoms with Crippen LogP contribution in [-0.2, 0) is 9.59 Å². The van der Waals surface area contributed by atoms with Gasteiger partial charge in [-0.05, 0) is 24.1 Å². The molecule has 2 aliphatic rings. The quantitative estimate of drug-likeness (QED) is 0.649. The first-order valence-electron chi connectivity index (χ1n) is 11.3. The van der Waals surface area contributed by atoms with Gasteiger partial charge in [0.05, 0.1) is 17.9 Å². The van der Waals surface area contributed by atoms with E-state index in [2.05, 4.69) is 15.3 Å². The van der Waals surface area contributed by atoms with Crippen molar-refractivity contribution in [2.24, 2.45) is 0 Å². The fourth-order valence-electron chi connectivity index (χ4n) is 4.12. The molecule has 3 heterocycles. The molecule has 9 heteroatoms. The number of nitrogen functional groups attached to an aromatic ring is 1. The van der Waals surface area contributed by atoms with Crippen molar-refractivity contribution in [1.82, 2.24) is 19.8 Å². The number of anilines is 2.